The van der Waals surface area contributed by atoms with Crippen LogP contribution in [0.15, 0.2) is 48.5 Å². The third-order valence-electron chi connectivity index (χ3n) is 3.20. The lowest BCUT2D eigenvalue weighted by Crippen LogP contribution is -2.34. The molecule has 5 heteroatoms. The van der Waals surface area contributed by atoms with E-state index in [-0.39, 0.29) is 12.5 Å². The quantitative estimate of drug-likeness (QED) is 0.780. The van der Waals surface area contributed by atoms with Crippen LogP contribution in [0.4, 0.5) is 0 Å². The maximum absolute atomic E-state index is 12.3. The number of amides is 1. The van der Waals surface area contributed by atoms with Crippen LogP contribution >= 0.6 is 23.2 Å². The van der Waals surface area contributed by atoms with Crippen LogP contribution in [0.3, 0.4) is 0 Å². The summed E-state index contributed by atoms with van der Waals surface area (Å²) in [4.78, 5) is 14.0. The fourth-order valence-electron chi connectivity index (χ4n) is 2.00. The first-order valence-electron chi connectivity index (χ1n) is 6.99. The number of likely N-dealkylation sites (N-methyl/N-ethyl adjacent to an activating group) is 1. The molecule has 0 unspecified atom stereocenters. The molecular formula is C17H17Cl2NO2. The summed E-state index contributed by atoms with van der Waals surface area (Å²) in [6.07, 6.45) is 0. The van der Waals surface area contributed by atoms with E-state index in [2.05, 4.69) is 0 Å². The average molecular weight is 338 g/mol. The van der Waals surface area contributed by atoms with E-state index in [1.54, 1.807) is 23.1 Å². The molecule has 0 atom stereocenters. The van der Waals surface area contributed by atoms with Crippen molar-refractivity contribution in [2.75, 3.05) is 13.2 Å². The third-order valence-corrected chi connectivity index (χ3v) is 3.74. The molecule has 0 aliphatic carbocycles. The van der Waals surface area contributed by atoms with Crippen LogP contribution in [-0.4, -0.2) is 24.0 Å². The van der Waals surface area contributed by atoms with Crippen LogP contribution in [-0.2, 0) is 11.3 Å². The van der Waals surface area contributed by atoms with Crippen molar-refractivity contribution >= 4 is 29.1 Å². The molecule has 0 spiro atoms. The molecular weight excluding hydrogens is 321 g/mol. The molecule has 0 heterocycles. The van der Waals surface area contributed by atoms with Gasteiger partial charge in [0.2, 0.25) is 0 Å². The van der Waals surface area contributed by atoms with Gasteiger partial charge in [-0.25, -0.2) is 0 Å². The van der Waals surface area contributed by atoms with Gasteiger partial charge in [0.25, 0.3) is 5.91 Å². The second kappa shape index (κ2) is 8.06. The molecule has 116 valence electrons. The summed E-state index contributed by atoms with van der Waals surface area (Å²) >= 11 is 11.9. The van der Waals surface area contributed by atoms with Gasteiger partial charge in [0, 0.05) is 24.2 Å². The highest BCUT2D eigenvalue weighted by Crippen LogP contribution is 2.27. The summed E-state index contributed by atoms with van der Waals surface area (Å²) in [7, 11) is 0. The molecule has 2 aromatic rings. The molecule has 0 aliphatic heterocycles. The maximum Gasteiger partial charge on any atom is 0.260 e. The third kappa shape index (κ3) is 4.65. The van der Waals surface area contributed by atoms with E-state index in [4.69, 9.17) is 27.9 Å². The van der Waals surface area contributed by atoms with Crippen molar-refractivity contribution in [1.82, 2.24) is 4.90 Å². The minimum atomic E-state index is -0.0950. The van der Waals surface area contributed by atoms with E-state index in [1.165, 1.54) is 0 Å². The number of benzene rings is 2. The van der Waals surface area contributed by atoms with Crippen LogP contribution in [0.1, 0.15) is 12.5 Å². The van der Waals surface area contributed by atoms with Gasteiger partial charge in [-0.2, -0.15) is 0 Å². The van der Waals surface area contributed by atoms with Gasteiger partial charge in [0.15, 0.2) is 6.61 Å². The molecule has 0 saturated carbocycles. The summed E-state index contributed by atoms with van der Waals surface area (Å²) in [5.41, 5.74) is 1.08. The van der Waals surface area contributed by atoms with Crippen LogP contribution in [0.5, 0.6) is 5.75 Å². The zero-order valence-corrected chi connectivity index (χ0v) is 13.8. The molecule has 0 aliphatic rings. The molecule has 0 bridgehead atoms. The van der Waals surface area contributed by atoms with Crippen LogP contribution in [0, 0.1) is 0 Å². The van der Waals surface area contributed by atoms with Crippen LogP contribution in [0.2, 0.25) is 10.0 Å². The minimum Gasteiger partial charge on any atom is -0.482 e. The zero-order chi connectivity index (χ0) is 15.9. The lowest BCUT2D eigenvalue weighted by Gasteiger charge is -2.21. The molecule has 2 aromatic carbocycles. The summed E-state index contributed by atoms with van der Waals surface area (Å²) in [6, 6.07) is 14.8. The number of halogens is 2. The minimum absolute atomic E-state index is 0.0687. The lowest BCUT2D eigenvalue weighted by molar-refractivity contribution is -0.133. The maximum atomic E-state index is 12.3. The van der Waals surface area contributed by atoms with Crippen molar-refractivity contribution < 1.29 is 9.53 Å². The molecule has 1 amide bonds. The monoisotopic (exact) mass is 337 g/mol. The Morgan fingerprint density at radius 3 is 2.55 bits per heavy atom. The molecule has 0 aromatic heterocycles. The highest BCUT2D eigenvalue weighted by atomic mass is 35.5. The average Bonchev–Trinajstić information content (AvgIpc) is 2.54. The van der Waals surface area contributed by atoms with Gasteiger partial charge in [0.1, 0.15) is 5.75 Å². The summed E-state index contributed by atoms with van der Waals surface area (Å²) in [5.74, 6) is 0.320. The zero-order valence-electron chi connectivity index (χ0n) is 12.3. The second-order valence-electron chi connectivity index (χ2n) is 4.76. The number of carbonyl (C=O) groups is 1. The Hall–Kier alpha value is -1.71. The van der Waals surface area contributed by atoms with Crippen molar-refractivity contribution in [2.45, 2.75) is 13.5 Å². The van der Waals surface area contributed by atoms with Crippen molar-refractivity contribution in [3.05, 3.63) is 64.1 Å². The van der Waals surface area contributed by atoms with Gasteiger partial charge in [-0.15, -0.1) is 0 Å². The fourth-order valence-corrected chi connectivity index (χ4v) is 2.33. The Labute approximate surface area is 140 Å². The first-order chi connectivity index (χ1) is 10.6. The van der Waals surface area contributed by atoms with E-state index in [0.717, 1.165) is 5.56 Å². The molecule has 3 nitrogen and oxygen atoms in total. The second-order valence-corrected chi connectivity index (χ2v) is 5.60. The summed E-state index contributed by atoms with van der Waals surface area (Å²) in [6.45, 7) is 3.04. The number of ether oxygens (including phenoxy) is 1. The number of hydrogen-bond acceptors (Lipinski definition) is 2. The number of nitrogens with zero attached hydrogens (tertiary/aromatic N) is 1. The Balaban J connectivity index is 1.96. The van der Waals surface area contributed by atoms with Gasteiger partial charge >= 0.3 is 0 Å². The van der Waals surface area contributed by atoms with Crippen molar-refractivity contribution in [3.8, 4) is 5.75 Å². The first-order valence-corrected chi connectivity index (χ1v) is 7.75. The lowest BCUT2D eigenvalue weighted by atomic mass is 10.2. The molecule has 22 heavy (non-hydrogen) atoms. The van der Waals surface area contributed by atoms with E-state index in [0.29, 0.717) is 28.9 Å². The predicted molar refractivity (Wildman–Crippen MR) is 89.5 cm³/mol. The predicted octanol–water partition coefficient (Wildman–Crippen LogP) is 4.42. The fraction of sp³-hybridized carbons (Fsp3) is 0.235. The molecule has 2 rings (SSSR count). The van der Waals surface area contributed by atoms with Gasteiger partial charge in [-0.05, 0) is 24.6 Å². The first kappa shape index (κ1) is 16.7. The van der Waals surface area contributed by atoms with E-state index < -0.39 is 0 Å². The van der Waals surface area contributed by atoms with Crippen molar-refractivity contribution in [3.63, 3.8) is 0 Å². The normalized spacial score (nSPS) is 10.3. The highest BCUT2D eigenvalue weighted by Gasteiger charge is 2.14. The molecule has 0 fully saturated rings. The smallest absolute Gasteiger partial charge is 0.260 e. The highest BCUT2D eigenvalue weighted by molar-refractivity contribution is 6.34. The molecule has 0 saturated heterocycles. The Morgan fingerprint density at radius 1 is 1.14 bits per heavy atom. The Bertz CT molecular complexity index is 632. The molecule has 0 radical (unpaired) electrons. The number of carbonyl (C=O) groups excluding carboxylic acids is 1. The van der Waals surface area contributed by atoms with Gasteiger partial charge in [0.05, 0.1) is 5.02 Å². The Kier molecular flexibility index (Phi) is 6.10. The molecule has 0 N–H and O–H groups in total. The van der Waals surface area contributed by atoms with Gasteiger partial charge < -0.3 is 9.64 Å². The standard InChI is InChI=1S/C17H17Cl2NO2/c1-2-20(11-13-6-4-3-5-7-13)17(21)12-22-16-10-14(18)8-9-15(16)19/h3-10H,2,11-12H2,1H3. The van der Waals surface area contributed by atoms with Crippen molar-refractivity contribution in [1.29, 1.82) is 0 Å². The van der Waals surface area contributed by atoms with E-state index >= 15 is 0 Å². The number of rotatable bonds is 6. The topological polar surface area (TPSA) is 29.5 Å². The van der Waals surface area contributed by atoms with Crippen LogP contribution in [0.25, 0.3) is 0 Å². The van der Waals surface area contributed by atoms with Gasteiger partial charge in [-0.3, -0.25) is 4.79 Å². The van der Waals surface area contributed by atoms with Gasteiger partial charge in [-0.1, -0.05) is 53.5 Å². The van der Waals surface area contributed by atoms with E-state index in [1.807, 2.05) is 37.3 Å². The Morgan fingerprint density at radius 2 is 1.86 bits per heavy atom. The van der Waals surface area contributed by atoms with Crippen molar-refractivity contribution in [2.24, 2.45) is 0 Å². The summed E-state index contributed by atoms with van der Waals surface area (Å²) < 4.78 is 5.49. The summed E-state index contributed by atoms with van der Waals surface area (Å²) in [5, 5.41) is 0.951. The van der Waals surface area contributed by atoms with E-state index in [9.17, 15) is 4.79 Å². The number of hydrogen-bond donors (Lipinski definition) is 0. The van der Waals surface area contributed by atoms with Crippen LogP contribution < -0.4 is 4.74 Å². The SMILES string of the molecule is CCN(Cc1ccccc1)C(=O)COc1cc(Cl)ccc1Cl. The largest absolute Gasteiger partial charge is 0.482 e.